The molecular formula is C34H34FNO5S. The number of hydrogen-bond donors (Lipinski definition) is 1. The Labute approximate surface area is 246 Å². The minimum absolute atomic E-state index is 0.150. The van der Waals surface area contributed by atoms with Crippen molar-refractivity contribution in [2.75, 3.05) is 12.4 Å². The van der Waals surface area contributed by atoms with Crippen LogP contribution >= 0.6 is 0 Å². The van der Waals surface area contributed by atoms with Crippen molar-refractivity contribution >= 4 is 21.4 Å². The molecule has 218 valence electrons. The molecule has 1 heterocycles. The summed E-state index contributed by atoms with van der Waals surface area (Å²) in [6, 6.07) is 22.3. The Morgan fingerprint density at radius 1 is 0.881 bits per heavy atom. The zero-order chi connectivity index (χ0) is 30.1. The smallest absolute Gasteiger partial charge is 0.313 e. The van der Waals surface area contributed by atoms with Crippen LogP contribution in [0.5, 0.6) is 17.2 Å². The Morgan fingerprint density at radius 2 is 1.62 bits per heavy atom. The van der Waals surface area contributed by atoms with E-state index in [1.54, 1.807) is 48.5 Å². The number of fused-ring (bicyclic) bond motifs is 1. The molecule has 42 heavy (non-hydrogen) atoms. The van der Waals surface area contributed by atoms with Crippen LogP contribution in [0.1, 0.15) is 43.0 Å². The van der Waals surface area contributed by atoms with E-state index in [9.17, 15) is 12.8 Å². The van der Waals surface area contributed by atoms with Gasteiger partial charge in [-0.05, 0) is 74.2 Å². The van der Waals surface area contributed by atoms with Gasteiger partial charge >= 0.3 is 10.1 Å². The molecular weight excluding hydrogens is 553 g/mol. The molecule has 0 radical (unpaired) electrons. The number of halogens is 1. The molecule has 5 rings (SSSR count). The predicted molar refractivity (Wildman–Crippen MR) is 165 cm³/mol. The van der Waals surface area contributed by atoms with Gasteiger partial charge in [0, 0.05) is 34.5 Å². The van der Waals surface area contributed by atoms with Crippen molar-refractivity contribution in [3.05, 3.63) is 113 Å². The molecule has 8 heteroatoms. The third-order valence-electron chi connectivity index (χ3n) is 7.14. The van der Waals surface area contributed by atoms with Crippen molar-refractivity contribution in [3.8, 4) is 28.4 Å². The second kappa shape index (κ2) is 11.5. The molecule has 0 unspecified atom stereocenters. The minimum Gasteiger partial charge on any atom is -0.496 e. The molecule has 0 bridgehead atoms. The zero-order valence-corrected chi connectivity index (χ0v) is 25.1. The van der Waals surface area contributed by atoms with Gasteiger partial charge in [0.2, 0.25) is 0 Å². The Morgan fingerprint density at radius 3 is 2.36 bits per heavy atom. The van der Waals surface area contributed by atoms with Crippen molar-refractivity contribution in [3.63, 3.8) is 0 Å². The van der Waals surface area contributed by atoms with Gasteiger partial charge in [-0.25, -0.2) is 4.39 Å². The topological polar surface area (TPSA) is 73.9 Å². The first-order valence-corrected chi connectivity index (χ1v) is 15.2. The van der Waals surface area contributed by atoms with Crippen LogP contribution in [0.3, 0.4) is 0 Å². The number of rotatable bonds is 9. The van der Waals surface area contributed by atoms with Crippen LogP contribution in [-0.4, -0.2) is 21.1 Å². The summed E-state index contributed by atoms with van der Waals surface area (Å²) in [6.07, 6.45) is 2.17. The first kappa shape index (κ1) is 29.2. The number of methoxy groups -OCH3 is 1. The Hall–Kier alpha value is -4.30. The number of anilines is 1. The highest BCUT2D eigenvalue weighted by molar-refractivity contribution is 7.86. The summed E-state index contributed by atoms with van der Waals surface area (Å²) in [7, 11) is -2.37. The summed E-state index contributed by atoms with van der Waals surface area (Å²) >= 11 is 0. The standard InChI is InChI=1S/C34H34FNO5S/c1-22-11-12-25(35)17-31(22)40-20-29-27(15-16-30-33(29)23(2)19-34(3,4)36-30)28-14-13-26(18-32(28)39-5)41-42(37,38)21-24-9-7-6-8-10-24/h6-19,36H,20-21H2,1-5H3. The molecule has 1 aliphatic rings. The van der Waals surface area contributed by atoms with E-state index in [2.05, 4.69) is 32.2 Å². The molecule has 1 N–H and O–H groups in total. The predicted octanol–water partition coefficient (Wildman–Crippen LogP) is 7.90. The second-order valence-corrected chi connectivity index (χ2v) is 12.6. The van der Waals surface area contributed by atoms with Crippen LogP contribution in [0.4, 0.5) is 10.1 Å². The number of benzene rings is 4. The van der Waals surface area contributed by atoms with Gasteiger partial charge in [0.25, 0.3) is 0 Å². The lowest BCUT2D eigenvalue weighted by Gasteiger charge is -2.33. The monoisotopic (exact) mass is 587 g/mol. The molecule has 0 atom stereocenters. The summed E-state index contributed by atoms with van der Waals surface area (Å²) in [4.78, 5) is 0. The lowest BCUT2D eigenvalue weighted by molar-refractivity contribution is 0.302. The number of hydrogen-bond acceptors (Lipinski definition) is 6. The third-order valence-corrected chi connectivity index (χ3v) is 8.27. The Kier molecular flexibility index (Phi) is 8.01. The molecule has 0 spiro atoms. The normalized spacial score (nSPS) is 13.9. The van der Waals surface area contributed by atoms with E-state index >= 15 is 0 Å². The number of aryl methyl sites for hydroxylation is 1. The Bertz CT molecular complexity index is 1760. The first-order chi connectivity index (χ1) is 19.9. The number of allylic oxidation sites excluding steroid dienone is 1. The summed E-state index contributed by atoms with van der Waals surface area (Å²) < 4.78 is 57.0. The van der Waals surface area contributed by atoms with Gasteiger partial charge in [0.15, 0.2) is 0 Å². The first-order valence-electron chi connectivity index (χ1n) is 13.6. The van der Waals surface area contributed by atoms with Gasteiger partial charge in [-0.3, -0.25) is 0 Å². The quantitative estimate of drug-likeness (QED) is 0.201. The van der Waals surface area contributed by atoms with E-state index in [0.29, 0.717) is 17.1 Å². The SMILES string of the molecule is COc1cc(OS(=O)(=O)Cc2ccccc2)ccc1-c1ccc2c(c1COc1cc(F)ccc1C)C(C)=CC(C)(C)N2. The molecule has 0 amide bonds. The van der Waals surface area contributed by atoms with Gasteiger partial charge in [-0.1, -0.05) is 48.5 Å². The molecule has 6 nitrogen and oxygen atoms in total. The van der Waals surface area contributed by atoms with Gasteiger partial charge in [-0.2, -0.15) is 8.42 Å². The average Bonchev–Trinajstić information content (AvgIpc) is 2.92. The number of nitrogens with one attached hydrogen (secondary N) is 1. The van der Waals surface area contributed by atoms with Gasteiger partial charge < -0.3 is 19.0 Å². The van der Waals surface area contributed by atoms with Gasteiger partial charge in [0.05, 0.1) is 12.6 Å². The molecule has 0 saturated carbocycles. The van der Waals surface area contributed by atoms with Crippen LogP contribution in [0, 0.1) is 12.7 Å². The van der Waals surface area contributed by atoms with E-state index in [4.69, 9.17) is 13.7 Å². The highest BCUT2D eigenvalue weighted by Gasteiger charge is 2.27. The van der Waals surface area contributed by atoms with E-state index in [0.717, 1.165) is 39.1 Å². The third kappa shape index (κ3) is 6.44. The largest absolute Gasteiger partial charge is 0.496 e. The molecule has 0 aromatic heterocycles. The van der Waals surface area contributed by atoms with E-state index in [1.807, 2.05) is 25.1 Å². The molecule has 1 aliphatic heterocycles. The number of ether oxygens (including phenoxy) is 2. The minimum atomic E-state index is -3.90. The summed E-state index contributed by atoms with van der Waals surface area (Å²) in [5, 5.41) is 3.58. The van der Waals surface area contributed by atoms with Crippen molar-refractivity contribution in [2.24, 2.45) is 0 Å². The Balaban J connectivity index is 1.54. The highest BCUT2D eigenvalue weighted by Crippen LogP contribution is 2.43. The van der Waals surface area contributed by atoms with Crippen LogP contribution in [0.2, 0.25) is 0 Å². The summed E-state index contributed by atoms with van der Waals surface area (Å²) in [5.74, 6) is 0.431. The van der Waals surface area contributed by atoms with Crippen LogP contribution < -0.4 is 19.0 Å². The van der Waals surface area contributed by atoms with Gasteiger partial charge in [0.1, 0.15) is 35.4 Å². The van der Waals surface area contributed by atoms with Crippen molar-refractivity contribution in [1.82, 2.24) is 0 Å². The fraction of sp³-hybridized carbons (Fsp3) is 0.235. The van der Waals surface area contributed by atoms with E-state index < -0.39 is 10.1 Å². The molecule has 0 saturated heterocycles. The highest BCUT2D eigenvalue weighted by atomic mass is 32.2. The van der Waals surface area contributed by atoms with E-state index in [-0.39, 0.29) is 29.5 Å². The second-order valence-electron chi connectivity index (χ2n) is 11.0. The maximum Gasteiger partial charge on any atom is 0.313 e. The average molecular weight is 588 g/mol. The maximum atomic E-state index is 14.0. The molecule has 4 aromatic rings. The van der Waals surface area contributed by atoms with Crippen molar-refractivity contribution < 1.29 is 26.5 Å². The molecule has 4 aromatic carbocycles. The lowest BCUT2D eigenvalue weighted by atomic mass is 9.85. The molecule has 0 fully saturated rings. The fourth-order valence-electron chi connectivity index (χ4n) is 5.38. The maximum absolute atomic E-state index is 14.0. The van der Waals surface area contributed by atoms with Crippen molar-refractivity contribution in [2.45, 2.75) is 45.6 Å². The lowest BCUT2D eigenvalue weighted by Crippen LogP contribution is -2.32. The zero-order valence-electron chi connectivity index (χ0n) is 24.3. The fourth-order valence-corrected chi connectivity index (χ4v) is 6.44. The summed E-state index contributed by atoms with van der Waals surface area (Å²) in [6.45, 7) is 8.32. The van der Waals surface area contributed by atoms with E-state index in [1.165, 1.54) is 19.2 Å². The van der Waals surface area contributed by atoms with Crippen molar-refractivity contribution in [1.29, 1.82) is 0 Å². The van der Waals surface area contributed by atoms with Gasteiger partial charge in [-0.15, -0.1) is 0 Å². The van der Waals surface area contributed by atoms with Crippen LogP contribution in [0.15, 0.2) is 84.9 Å². The van der Waals surface area contributed by atoms with Crippen LogP contribution in [0.25, 0.3) is 16.7 Å². The van der Waals surface area contributed by atoms with Crippen LogP contribution in [-0.2, 0) is 22.5 Å². The summed E-state index contributed by atoms with van der Waals surface area (Å²) in [5.41, 5.74) is 6.72. The molecule has 0 aliphatic carbocycles.